The van der Waals surface area contributed by atoms with Gasteiger partial charge in [-0.25, -0.2) is 0 Å². The van der Waals surface area contributed by atoms with E-state index in [0.717, 1.165) is 5.69 Å². The van der Waals surface area contributed by atoms with Crippen molar-refractivity contribution >= 4 is 5.69 Å². The van der Waals surface area contributed by atoms with Gasteiger partial charge in [0.15, 0.2) is 0 Å². The van der Waals surface area contributed by atoms with Crippen molar-refractivity contribution in [2.75, 3.05) is 19.8 Å². The summed E-state index contributed by atoms with van der Waals surface area (Å²) in [7, 11) is 4.27. The van der Waals surface area contributed by atoms with Crippen LogP contribution in [0.2, 0.25) is 0 Å². The van der Waals surface area contributed by atoms with Crippen molar-refractivity contribution in [3.8, 4) is 0 Å². The summed E-state index contributed by atoms with van der Waals surface area (Å²) in [5.41, 5.74) is 8.28. The first-order valence-corrected chi connectivity index (χ1v) is 4.69. The molecule has 1 saturated carbocycles. The normalized spacial score (nSPS) is 19.0. The number of nitrogens with zero attached hydrogens (tertiary/aromatic N) is 1. The molecule has 0 amide bonds. The number of rotatable bonds is 2. The summed E-state index contributed by atoms with van der Waals surface area (Å²) in [5.74, 6) is 0. The zero-order valence-corrected chi connectivity index (χ0v) is 8.25. The van der Waals surface area contributed by atoms with Gasteiger partial charge in [-0.1, -0.05) is 12.1 Å². The highest BCUT2D eigenvalue weighted by Crippen LogP contribution is 2.49. The Kier molecular flexibility index (Phi) is 1.81. The Morgan fingerprint density at radius 1 is 1.31 bits per heavy atom. The molecular formula is C11H16N2. The Bertz CT molecular complexity index is 314. The lowest BCUT2D eigenvalue weighted by molar-refractivity contribution is 0.276. The third-order valence-electron chi connectivity index (χ3n) is 3.00. The fourth-order valence-corrected chi connectivity index (χ4v) is 1.94. The van der Waals surface area contributed by atoms with Crippen LogP contribution in [0, 0.1) is 0 Å². The van der Waals surface area contributed by atoms with Crippen molar-refractivity contribution in [1.29, 1.82) is 0 Å². The lowest BCUT2D eigenvalue weighted by Crippen LogP contribution is -2.27. The monoisotopic (exact) mass is 176 g/mol. The van der Waals surface area contributed by atoms with E-state index in [1.807, 2.05) is 12.1 Å². The highest BCUT2D eigenvalue weighted by atomic mass is 15.2. The van der Waals surface area contributed by atoms with Crippen LogP contribution in [0.5, 0.6) is 0 Å². The lowest BCUT2D eigenvalue weighted by Gasteiger charge is -2.24. The lowest BCUT2D eigenvalue weighted by atomic mass is 10.0. The molecule has 0 aromatic heterocycles. The molecule has 0 aliphatic heterocycles. The third kappa shape index (κ3) is 1.31. The van der Waals surface area contributed by atoms with Crippen LogP contribution in [-0.2, 0) is 5.54 Å². The number of anilines is 1. The van der Waals surface area contributed by atoms with E-state index in [-0.39, 0.29) is 5.54 Å². The molecule has 2 heteroatoms. The Balaban J connectivity index is 2.35. The topological polar surface area (TPSA) is 29.3 Å². The summed E-state index contributed by atoms with van der Waals surface area (Å²) in [5, 5.41) is 0. The zero-order valence-electron chi connectivity index (χ0n) is 8.25. The van der Waals surface area contributed by atoms with Gasteiger partial charge in [-0.15, -0.1) is 0 Å². The maximum absolute atomic E-state index is 5.76. The Labute approximate surface area is 79.4 Å². The molecule has 1 aromatic carbocycles. The predicted octanol–water partition coefficient (Wildman–Crippen LogP) is 1.82. The van der Waals surface area contributed by atoms with E-state index in [0.29, 0.717) is 0 Å². The van der Waals surface area contributed by atoms with E-state index in [9.17, 15) is 0 Å². The molecule has 13 heavy (non-hydrogen) atoms. The fraction of sp³-hybridized carbons (Fsp3) is 0.455. The van der Waals surface area contributed by atoms with Crippen LogP contribution in [0.1, 0.15) is 18.4 Å². The molecule has 70 valence electrons. The van der Waals surface area contributed by atoms with Crippen molar-refractivity contribution in [3.05, 3.63) is 29.8 Å². The first-order chi connectivity index (χ1) is 6.15. The molecule has 0 saturated heterocycles. The maximum atomic E-state index is 5.76. The summed E-state index contributed by atoms with van der Waals surface area (Å²) in [4.78, 5) is 2.29. The molecule has 0 atom stereocenters. The van der Waals surface area contributed by atoms with Crippen LogP contribution in [0.4, 0.5) is 5.69 Å². The molecule has 1 aliphatic carbocycles. The van der Waals surface area contributed by atoms with Gasteiger partial charge in [0.05, 0.1) is 0 Å². The third-order valence-corrected chi connectivity index (χ3v) is 3.00. The maximum Gasteiger partial charge on any atom is 0.0457 e. The minimum Gasteiger partial charge on any atom is -0.399 e. The second-order valence-corrected chi connectivity index (χ2v) is 4.05. The Morgan fingerprint density at radius 3 is 2.46 bits per heavy atom. The quantitative estimate of drug-likeness (QED) is 0.696. The zero-order chi connectivity index (χ0) is 9.47. The van der Waals surface area contributed by atoms with Gasteiger partial charge in [0.2, 0.25) is 0 Å². The van der Waals surface area contributed by atoms with Crippen molar-refractivity contribution in [3.63, 3.8) is 0 Å². The largest absolute Gasteiger partial charge is 0.399 e. The Hall–Kier alpha value is -1.02. The molecule has 2 rings (SSSR count). The van der Waals surface area contributed by atoms with Gasteiger partial charge in [-0.3, -0.25) is 4.90 Å². The minimum atomic E-state index is 0.287. The molecule has 0 spiro atoms. The van der Waals surface area contributed by atoms with E-state index in [4.69, 9.17) is 5.73 Å². The molecule has 1 aliphatic rings. The standard InChI is InChI=1S/C11H16N2/c1-13(2)11(6-7-11)9-4-3-5-10(12)8-9/h3-5,8H,6-7,12H2,1-2H3. The summed E-state index contributed by atoms with van der Waals surface area (Å²) in [6.45, 7) is 0. The van der Waals surface area contributed by atoms with Gasteiger partial charge in [0.1, 0.15) is 0 Å². The average molecular weight is 176 g/mol. The number of benzene rings is 1. The van der Waals surface area contributed by atoms with Crippen LogP contribution in [-0.4, -0.2) is 19.0 Å². The molecule has 0 radical (unpaired) electrons. The average Bonchev–Trinajstić information content (AvgIpc) is 2.83. The smallest absolute Gasteiger partial charge is 0.0457 e. The SMILES string of the molecule is CN(C)C1(c2cccc(N)c2)CC1. The molecule has 1 aromatic rings. The van der Waals surface area contributed by atoms with E-state index >= 15 is 0 Å². The summed E-state index contributed by atoms with van der Waals surface area (Å²) in [6, 6.07) is 8.24. The predicted molar refractivity (Wildman–Crippen MR) is 55.5 cm³/mol. The van der Waals surface area contributed by atoms with Crippen molar-refractivity contribution in [2.24, 2.45) is 0 Å². The van der Waals surface area contributed by atoms with E-state index in [2.05, 4.69) is 31.1 Å². The second-order valence-electron chi connectivity index (χ2n) is 4.05. The highest BCUT2D eigenvalue weighted by Gasteiger charge is 2.46. The van der Waals surface area contributed by atoms with E-state index in [1.54, 1.807) is 0 Å². The van der Waals surface area contributed by atoms with Gasteiger partial charge < -0.3 is 5.73 Å². The summed E-state index contributed by atoms with van der Waals surface area (Å²) in [6.07, 6.45) is 2.51. The highest BCUT2D eigenvalue weighted by molar-refractivity contribution is 5.44. The molecule has 0 unspecified atom stereocenters. The first-order valence-electron chi connectivity index (χ1n) is 4.69. The number of hydrogen-bond donors (Lipinski definition) is 1. The first kappa shape index (κ1) is 8.57. The van der Waals surface area contributed by atoms with E-state index in [1.165, 1.54) is 18.4 Å². The van der Waals surface area contributed by atoms with Crippen LogP contribution >= 0.6 is 0 Å². The van der Waals surface area contributed by atoms with Crippen LogP contribution in [0.3, 0.4) is 0 Å². The van der Waals surface area contributed by atoms with Crippen molar-refractivity contribution < 1.29 is 0 Å². The van der Waals surface area contributed by atoms with Gasteiger partial charge in [-0.05, 0) is 44.6 Å². The van der Waals surface area contributed by atoms with E-state index < -0.39 is 0 Å². The Morgan fingerprint density at radius 2 is 2.00 bits per heavy atom. The summed E-state index contributed by atoms with van der Waals surface area (Å²) < 4.78 is 0. The van der Waals surface area contributed by atoms with Crippen molar-refractivity contribution in [1.82, 2.24) is 4.90 Å². The minimum absolute atomic E-state index is 0.287. The van der Waals surface area contributed by atoms with Crippen molar-refractivity contribution in [2.45, 2.75) is 18.4 Å². The van der Waals surface area contributed by atoms with Gasteiger partial charge in [-0.2, -0.15) is 0 Å². The van der Waals surface area contributed by atoms with Crippen LogP contribution < -0.4 is 5.73 Å². The van der Waals surface area contributed by atoms with Gasteiger partial charge >= 0.3 is 0 Å². The molecule has 1 fully saturated rings. The number of nitrogens with two attached hydrogens (primary N) is 1. The van der Waals surface area contributed by atoms with Gasteiger partial charge in [0.25, 0.3) is 0 Å². The summed E-state index contributed by atoms with van der Waals surface area (Å²) >= 11 is 0. The number of nitrogen functional groups attached to an aromatic ring is 1. The fourth-order valence-electron chi connectivity index (χ4n) is 1.94. The molecular weight excluding hydrogens is 160 g/mol. The molecule has 0 heterocycles. The van der Waals surface area contributed by atoms with Crippen LogP contribution in [0.15, 0.2) is 24.3 Å². The molecule has 2 N–H and O–H groups in total. The van der Waals surface area contributed by atoms with Crippen LogP contribution in [0.25, 0.3) is 0 Å². The molecule has 2 nitrogen and oxygen atoms in total. The number of hydrogen-bond acceptors (Lipinski definition) is 2. The van der Waals surface area contributed by atoms with Gasteiger partial charge in [0, 0.05) is 11.2 Å². The second kappa shape index (κ2) is 2.74. The molecule has 0 bridgehead atoms.